The standard InChI is InChI=1S/C19H30F2N4O.HI/c1-3-22-19(23-13-15(2)26-17-7-5-4-6-8-17)24-16-9-11-25(12-10-16)14-18(20)21;/h4-8,15-16,18H,3,9-14H2,1-2H3,(H2,22,23,24);1H. The topological polar surface area (TPSA) is 48.9 Å². The van der Waals surface area contributed by atoms with Gasteiger partial charge in [0.2, 0.25) is 0 Å². The van der Waals surface area contributed by atoms with Gasteiger partial charge < -0.3 is 15.4 Å². The van der Waals surface area contributed by atoms with Crippen molar-refractivity contribution in [2.75, 3.05) is 32.7 Å². The van der Waals surface area contributed by atoms with Crippen LogP contribution in [0, 0.1) is 0 Å². The Morgan fingerprint density at radius 3 is 2.52 bits per heavy atom. The Kier molecular flexibility index (Phi) is 11.6. The average Bonchev–Trinajstić information content (AvgIpc) is 2.62. The van der Waals surface area contributed by atoms with Crippen LogP contribution in [0.4, 0.5) is 8.78 Å². The van der Waals surface area contributed by atoms with E-state index in [0.29, 0.717) is 19.6 Å². The molecule has 27 heavy (non-hydrogen) atoms. The predicted octanol–water partition coefficient (Wildman–Crippen LogP) is 3.36. The molecule has 0 saturated carbocycles. The average molecular weight is 496 g/mol. The summed E-state index contributed by atoms with van der Waals surface area (Å²) >= 11 is 0. The number of ether oxygens (including phenoxy) is 1. The van der Waals surface area contributed by atoms with Crippen molar-refractivity contribution in [3.05, 3.63) is 30.3 Å². The van der Waals surface area contributed by atoms with Gasteiger partial charge >= 0.3 is 0 Å². The lowest BCUT2D eigenvalue weighted by Gasteiger charge is -2.32. The first-order chi connectivity index (χ1) is 12.6. The number of hydrogen-bond donors (Lipinski definition) is 2. The molecule has 0 radical (unpaired) electrons. The van der Waals surface area contributed by atoms with E-state index in [9.17, 15) is 8.78 Å². The Balaban J connectivity index is 0.00000364. The molecule has 154 valence electrons. The number of rotatable bonds is 8. The van der Waals surface area contributed by atoms with Gasteiger partial charge in [-0.3, -0.25) is 4.90 Å². The minimum Gasteiger partial charge on any atom is -0.489 e. The van der Waals surface area contributed by atoms with E-state index in [4.69, 9.17) is 4.74 Å². The highest BCUT2D eigenvalue weighted by molar-refractivity contribution is 14.0. The summed E-state index contributed by atoms with van der Waals surface area (Å²) in [7, 11) is 0. The second-order valence-corrected chi connectivity index (χ2v) is 6.57. The molecule has 1 atom stereocenters. The second-order valence-electron chi connectivity index (χ2n) is 6.57. The molecule has 0 spiro atoms. The quantitative estimate of drug-likeness (QED) is 0.330. The Hall–Kier alpha value is -1.16. The highest BCUT2D eigenvalue weighted by Gasteiger charge is 2.22. The van der Waals surface area contributed by atoms with Crippen molar-refractivity contribution >= 4 is 29.9 Å². The summed E-state index contributed by atoms with van der Waals surface area (Å²) in [6.07, 6.45) is -0.620. The Morgan fingerprint density at radius 2 is 1.93 bits per heavy atom. The highest BCUT2D eigenvalue weighted by atomic mass is 127. The summed E-state index contributed by atoms with van der Waals surface area (Å²) in [5.74, 6) is 1.59. The lowest BCUT2D eigenvalue weighted by molar-refractivity contribution is 0.0744. The molecule has 1 heterocycles. The van der Waals surface area contributed by atoms with Gasteiger partial charge in [-0.15, -0.1) is 24.0 Å². The van der Waals surface area contributed by atoms with Crippen molar-refractivity contribution in [3.63, 3.8) is 0 Å². The molecule has 1 saturated heterocycles. The smallest absolute Gasteiger partial charge is 0.251 e. The van der Waals surface area contributed by atoms with Gasteiger partial charge in [0.15, 0.2) is 5.96 Å². The maximum absolute atomic E-state index is 12.5. The largest absolute Gasteiger partial charge is 0.489 e. The zero-order chi connectivity index (χ0) is 18.8. The summed E-state index contributed by atoms with van der Waals surface area (Å²) in [6.45, 7) is 6.56. The molecule has 2 rings (SSSR count). The zero-order valence-electron chi connectivity index (χ0n) is 16.0. The van der Waals surface area contributed by atoms with Crippen molar-refractivity contribution in [3.8, 4) is 5.75 Å². The van der Waals surface area contributed by atoms with Gasteiger partial charge in [0.1, 0.15) is 11.9 Å². The fourth-order valence-corrected chi connectivity index (χ4v) is 2.96. The first-order valence-electron chi connectivity index (χ1n) is 9.34. The first-order valence-corrected chi connectivity index (χ1v) is 9.34. The normalized spacial score (nSPS) is 17.3. The fourth-order valence-electron chi connectivity index (χ4n) is 2.96. The molecule has 1 unspecified atom stereocenters. The number of halogens is 3. The summed E-state index contributed by atoms with van der Waals surface area (Å²) in [5, 5.41) is 6.66. The van der Waals surface area contributed by atoms with Crippen molar-refractivity contribution in [2.45, 2.75) is 45.3 Å². The number of aliphatic imine (C=N–C) groups is 1. The number of para-hydroxylation sites is 1. The molecule has 1 aromatic rings. The van der Waals surface area contributed by atoms with E-state index >= 15 is 0 Å². The van der Waals surface area contributed by atoms with Gasteiger partial charge in [-0.2, -0.15) is 0 Å². The van der Waals surface area contributed by atoms with E-state index in [2.05, 4.69) is 15.6 Å². The summed E-state index contributed by atoms with van der Waals surface area (Å²) < 4.78 is 30.8. The van der Waals surface area contributed by atoms with Crippen LogP contribution < -0.4 is 15.4 Å². The Bertz CT molecular complexity index is 540. The number of benzene rings is 1. The molecule has 0 aliphatic carbocycles. The highest BCUT2D eigenvalue weighted by Crippen LogP contribution is 2.12. The number of piperidine rings is 1. The molecule has 8 heteroatoms. The summed E-state index contributed by atoms with van der Waals surface area (Å²) in [4.78, 5) is 6.43. The van der Waals surface area contributed by atoms with Crippen LogP contribution >= 0.6 is 24.0 Å². The van der Waals surface area contributed by atoms with Crippen LogP contribution in [-0.4, -0.2) is 62.2 Å². The van der Waals surface area contributed by atoms with Crippen LogP contribution in [0.2, 0.25) is 0 Å². The van der Waals surface area contributed by atoms with Gasteiger partial charge in [0.05, 0.1) is 13.1 Å². The number of guanidine groups is 1. The van der Waals surface area contributed by atoms with Crippen molar-refractivity contribution < 1.29 is 13.5 Å². The Morgan fingerprint density at radius 1 is 1.26 bits per heavy atom. The molecule has 1 aliphatic rings. The predicted molar refractivity (Wildman–Crippen MR) is 117 cm³/mol. The molecule has 1 aliphatic heterocycles. The summed E-state index contributed by atoms with van der Waals surface area (Å²) in [5.41, 5.74) is 0. The molecule has 0 aromatic heterocycles. The van der Waals surface area contributed by atoms with Crippen LogP contribution in [0.5, 0.6) is 5.75 Å². The van der Waals surface area contributed by atoms with Crippen LogP contribution in [0.3, 0.4) is 0 Å². The second kappa shape index (κ2) is 13.1. The number of hydrogen-bond acceptors (Lipinski definition) is 3. The van der Waals surface area contributed by atoms with E-state index in [1.165, 1.54) is 0 Å². The minimum atomic E-state index is -2.26. The summed E-state index contributed by atoms with van der Waals surface area (Å²) in [6, 6.07) is 9.95. The lowest BCUT2D eigenvalue weighted by Crippen LogP contribution is -2.49. The van der Waals surface area contributed by atoms with Gasteiger partial charge in [-0.05, 0) is 38.8 Å². The van der Waals surface area contributed by atoms with Crippen LogP contribution in [0.1, 0.15) is 26.7 Å². The van der Waals surface area contributed by atoms with Gasteiger partial charge in [0, 0.05) is 25.7 Å². The molecule has 0 amide bonds. The van der Waals surface area contributed by atoms with E-state index in [1.54, 1.807) is 0 Å². The van der Waals surface area contributed by atoms with Crippen molar-refractivity contribution in [1.82, 2.24) is 15.5 Å². The first kappa shape index (κ1) is 23.9. The van der Waals surface area contributed by atoms with Crippen molar-refractivity contribution in [1.29, 1.82) is 0 Å². The minimum absolute atomic E-state index is 0. The third-order valence-electron chi connectivity index (χ3n) is 4.26. The zero-order valence-corrected chi connectivity index (χ0v) is 18.4. The third-order valence-corrected chi connectivity index (χ3v) is 4.26. The van der Waals surface area contributed by atoms with E-state index in [1.807, 2.05) is 49.1 Å². The van der Waals surface area contributed by atoms with Gasteiger partial charge in [-0.25, -0.2) is 13.8 Å². The molecule has 0 bridgehead atoms. The van der Waals surface area contributed by atoms with Crippen molar-refractivity contribution in [2.24, 2.45) is 4.99 Å². The van der Waals surface area contributed by atoms with E-state index < -0.39 is 6.43 Å². The van der Waals surface area contributed by atoms with E-state index in [0.717, 1.165) is 31.1 Å². The van der Waals surface area contributed by atoms with Crippen LogP contribution in [0.15, 0.2) is 35.3 Å². The fraction of sp³-hybridized carbons (Fsp3) is 0.632. The molecule has 5 nitrogen and oxygen atoms in total. The SMILES string of the molecule is CCNC(=NCC(C)Oc1ccccc1)NC1CCN(CC(F)F)CC1.I. The molecular formula is C19H31F2IN4O. The number of alkyl halides is 2. The van der Waals surface area contributed by atoms with Crippen LogP contribution in [-0.2, 0) is 0 Å². The molecule has 1 fully saturated rings. The lowest BCUT2D eigenvalue weighted by atomic mass is 10.1. The maximum atomic E-state index is 12.5. The third kappa shape index (κ3) is 9.55. The van der Waals surface area contributed by atoms with Crippen LogP contribution in [0.25, 0.3) is 0 Å². The number of nitrogens with one attached hydrogen (secondary N) is 2. The van der Waals surface area contributed by atoms with E-state index in [-0.39, 0.29) is 42.7 Å². The number of likely N-dealkylation sites (tertiary alicyclic amines) is 1. The maximum Gasteiger partial charge on any atom is 0.251 e. The molecule has 1 aromatic carbocycles. The Labute approximate surface area is 178 Å². The van der Waals surface area contributed by atoms with Gasteiger partial charge in [-0.1, -0.05) is 18.2 Å². The molecular weight excluding hydrogens is 465 g/mol. The molecule has 2 N–H and O–H groups in total. The monoisotopic (exact) mass is 496 g/mol. The van der Waals surface area contributed by atoms with Gasteiger partial charge in [0.25, 0.3) is 6.43 Å². The number of nitrogens with zero attached hydrogens (tertiary/aromatic N) is 2.